The van der Waals surface area contributed by atoms with Crippen LogP contribution in [0.5, 0.6) is 5.88 Å². The summed E-state index contributed by atoms with van der Waals surface area (Å²) in [5.74, 6) is 0.883. The average molecular weight is 363 g/mol. The highest BCUT2D eigenvalue weighted by molar-refractivity contribution is 7.99. The Labute approximate surface area is 155 Å². The minimum Gasteiger partial charge on any atom is -0.481 e. The Kier molecular flexibility index (Phi) is 4.45. The van der Waals surface area contributed by atoms with Gasteiger partial charge < -0.3 is 10.1 Å². The first-order valence-corrected chi connectivity index (χ1v) is 8.90. The Bertz CT molecular complexity index is 989. The summed E-state index contributed by atoms with van der Waals surface area (Å²) >= 11 is 1.77. The van der Waals surface area contributed by atoms with Crippen molar-refractivity contribution >= 4 is 34.8 Å². The van der Waals surface area contributed by atoms with Crippen LogP contribution in [0, 0.1) is 0 Å². The Hall–Kier alpha value is -3.06. The van der Waals surface area contributed by atoms with Crippen LogP contribution >= 0.6 is 11.8 Å². The number of methoxy groups -OCH3 is 1. The van der Waals surface area contributed by atoms with Gasteiger partial charge in [-0.3, -0.25) is 0 Å². The van der Waals surface area contributed by atoms with E-state index < -0.39 is 0 Å². The van der Waals surface area contributed by atoms with Crippen molar-refractivity contribution in [2.75, 3.05) is 17.9 Å². The maximum atomic E-state index is 5.09. The Morgan fingerprint density at radius 3 is 2.85 bits per heavy atom. The molecule has 0 atom stereocenters. The molecule has 3 aromatic rings. The zero-order valence-electron chi connectivity index (χ0n) is 14.4. The van der Waals surface area contributed by atoms with E-state index in [0.717, 1.165) is 22.6 Å². The number of hydrazone groups is 1. The van der Waals surface area contributed by atoms with E-state index in [9.17, 15) is 0 Å². The molecule has 7 heteroatoms. The van der Waals surface area contributed by atoms with Gasteiger partial charge in [-0.15, -0.1) is 0 Å². The van der Waals surface area contributed by atoms with Crippen molar-refractivity contribution in [2.45, 2.75) is 16.7 Å². The first kappa shape index (κ1) is 16.4. The molecule has 0 spiro atoms. The molecule has 0 bridgehead atoms. The number of ether oxygens (including phenoxy) is 1. The molecule has 0 amide bonds. The molecule has 2 aromatic carbocycles. The molecule has 130 valence electrons. The third-order valence-electron chi connectivity index (χ3n) is 3.94. The van der Waals surface area contributed by atoms with E-state index in [1.807, 2.05) is 13.0 Å². The monoisotopic (exact) mass is 363 g/mol. The van der Waals surface area contributed by atoms with Gasteiger partial charge in [-0.2, -0.15) is 10.1 Å². The third-order valence-corrected chi connectivity index (χ3v) is 5.09. The molecule has 1 aliphatic rings. The molecular weight excluding hydrogens is 346 g/mol. The molecule has 0 fully saturated rings. The molecule has 0 unspecified atom stereocenters. The molecule has 6 nitrogen and oxygen atoms in total. The van der Waals surface area contributed by atoms with Gasteiger partial charge in [0.25, 0.3) is 0 Å². The van der Waals surface area contributed by atoms with Gasteiger partial charge in [-0.1, -0.05) is 30.0 Å². The fraction of sp³-hybridized carbons (Fsp3) is 0.105. The van der Waals surface area contributed by atoms with Gasteiger partial charge in [-0.05, 0) is 36.8 Å². The second kappa shape index (κ2) is 7.05. The van der Waals surface area contributed by atoms with Crippen LogP contribution in [-0.4, -0.2) is 22.8 Å². The normalized spacial score (nSPS) is 12.6. The second-order valence-corrected chi connectivity index (χ2v) is 6.75. The SMILES string of the molecule is COc1ccnc(NN=C(C)c2ccc3c(c2)Nc2ccccc2S3)n1. The zero-order chi connectivity index (χ0) is 17.9. The summed E-state index contributed by atoms with van der Waals surface area (Å²) in [5.41, 5.74) is 6.94. The van der Waals surface area contributed by atoms with Crippen molar-refractivity contribution in [3.8, 4) is 5.88 Å². The van der Waals surface area contributed by atoms with E-state index in [1.54, 1.807) is 31.1 Å². The van der Waals surface area contributed by atoms with Crippen molar-refractivity contribution < 1.29 is 4.74 Å². The predicted octanol–water partition coefficient (Wildman–Crippen LogP) is 4.53. The lowest BCUT2D eigenvalue weighted by Crippen LogP contribution is -2.05. The maximum absolute atomic E-state index is 5.09. The second-order valence-electron chi connectivity index (χ2n) is 5.67. The number of nitrogens with zero attached hydrogens (tertiary/aromatic N) is 3. The number of para-hydroxylation sites is 1. The quantitative estimate of drug-likeness (QED) is 0.410. The molecular formula is C19H17N5OS. The standard InChI is InChI=1S/C19H17N5OS/c1-12(23-24-19-20-10-9-18(22-19)25-2)13-7-8-17-15(11-13)21-14-5-3-4-6-16(14)26-17/h3-11,21H,1-2H3,(H,20,22,24). The van der Waals surface area contributed by atoms with Gasteiger partial charge in [0.15, 0.2) is 0 Å². The van der Waals surface area contributed by atoms with E-state index in [2.05, 4.69) is 62.2 Å². The summed E-state index contributed by atoms with van der Waals surface area (Å²) in [7, 11) is 1.57. The minimum absolute atomic E-state index is 0.393. The van der Waals surface area contributed by atoms with E-state index in [1.165, 1.54) is 9.79 Å². The Morgan fingerprint density at radius 1 is 1.12 bits per heavy atom. The number of aromatic nitrogens is 2. The van der Waals surface area contributed by atoms with Crippen LogP contribution in [-0.2, 0) is 0 Å². The minimum atomic E-state index is 0.393. The highest BCUT2D eigenvalue weighted by atomic mass is 32.2. The molecule has 0 saturated heterocycles. The lowest BCUT2D eigenvalue weighted by Gasteiger charge is -2.21. The number of hydrogen-bond acceptors (Lipinski definition) is 7. The van der Waals surface area contributed by atoms with E-state index in [0.29, 0.717) is 11.8 Å². The van der Waals surface area contributed by atoms with Crippen LogP contribution in [0.15, 0.2) is 69.6 Å². The van der Waals surface area contributed by atoms with Gasteiger partial charge in [0.2, 0.25) is 11.8 Å². The molecule has 0 radical (unpaired) electrons. The maximum Gasteiger partial charge on any atom is 0.246 e. The lowest BCUT2D eigenvalue weighted by molar-refractivity contribution is 0.397. The van der Waals surface area contributed by atoms with E-state index in [-0.39, 0.29) is 0 Å². The van der Waals surface area contributed by atoms with Crippen LogP contribution in [0.1, 0.15) is 12.5 Å². The molecule has 0 aliphatic carbocycles. The Balaban J connectivity index is 1.55. The fourth-order valence-corrected chi connectivity index (χ4v) is 3.54. The zero-order valence-corrected chi connectivity index (χ0v) is 15.2. The number of rotatable bonds is 4. The number of benzene rings is 2. The summed E-state index contributed by atoms with van der Waals surface area (Å²) in [6, 6.07) is 16.3. The first-order chi connectivity index (χ1) is 12.7. The number of anilines is 3. The van der Waals surface area contributed by atoms with Crippen LogP contribution in [0.4, 0.5) is 17.3 Å². The van der Waals surface area contributed by atoms with Crippen molar-refractivity contribution in [1.29, 1.82) is 0 Å². The third kappa shape index (κ3) is 3.34. The van der Waals surface area contributed by atoms with Crippen LogP contribution in [0.3, 0.4) is 0 Å². The smallest absolute Gasteiger partial charge is 0.246 e. The van der Waals surface area contributed by atoms with Crippen molar-refractivity contribution in [1.82, 2.24) is 9.97 Å². The van der Waals surface area contributed by atoms with Gasteiger partial charge >= 0.3 is 0 Å². The molecule has 1 aromatic heterocycles. The topological polar surface area (TPSA) is 71.4 Å². The largest absolute Gasteiger partial charge is 0.481 e. The summed E-state index contributed by atoms with van der Waals surface area (Å²) < 4.78 is 5.09. The first-order valence-electron chi connectivity index (χ1n) is 8.08. The predicted molar refractivity (Wildman–Crippen MR) is 105 cm³/mol. The van der Waals surface area contributed by atoms with Crippen LogP contribution < -0.4 is 15.5 Å². The molecule has 1 aliphatic heterocycles. The van der Waals surface area contributed by atoms with Gasteiger partial charge in [0.1, 0.15) is 0 Å². The highest BCUT2D eigenvalue weighted by Gasteiger charge is 2.15. The molecule has 26 heavy (non-hydrogen) atoms. The van der Waals surface area contributed by atoms with Crippen molar-refractivity contribution in [3.05, 3.63) is 60.3 Å². The van der Waals surface area contributed by atoms with Gasteiger partial charge in [-0.25, -0.2) is 10.4 Å². The van der Waals surface area contributed by atoms with Gasteiger partial charge in [0.05, 0.1) is 24.2 Å². The fourth-order valence-electron chi connectivity index (χ4n) is 2.57. The van der Waals surface area contributed by atoms with Crippen molar-refractivity contribution in [2.24, 2.45) is 5.10 Å². The molecule has 0 saturated carbocycles. The number of nitrogens with one attached hydrogen (secondary N) is 2. The number of fused-ring (bicyclic) bond motifs is 2. The van der Waals surface area contributed by atoms with Crippen molar-refractivity contribution in [3.63, 3.8) is 0 Å². The molecule has 2 N–H and O–H groups in total. The molecule has 4 rings (SSSR count). The van der Waals surface area contributed by atoms with Crippen LogP contribution in [0.2, 0.25) is 0 Å². The highest BCUT2D eigenvalue weighted by Crippen LogP contribution is 2.44. The molecule has 2 heterocycles. The number of hydrogen-bond donors (Lipinski definition) is 2. The lowest BCUT2D eigenvalue weighted by atomic mass is 10.1. The van der Waals surface area contributed by atoms with E-state index >= 15 is 0 Å². The van der Waals surface area contributed by atoms with Gasteiger partial charge in [0, 0.05) is 22.1 Å². The van der Waals surface area contributed by atoms with Crippen LogP contribution in [0.25, 0.3) is 0 Å². The summed E-state index contributed by atoms with van der Waals surface area (Å²) in [5, 5.41) is 7.87. The van der Waals surface area contributed by atoms with E-state index in [4.69, 9.17) is 4.74 Å². The summed E-state index contributed by atoms with van der Waals surface area (Å²) in [4.78, 5) is 10.7. The summed E-state index contributed by atoms with van der Waals surface area (Å²) in [6.45, 7) is 1.94. The summed E-state index contributed by atoms with van der Waals surface area (Å²) in [6.07, 6.45) is 1.62. The average Bonchev–Trinajstić information content (AvgIpc) is 2.70. The Morgan fingerprint density at radius 2 is 1.96 bits per heavy atom.